The molecule has 0 bridgehead atoms. The van der Waals surface area contributed by atoms with E-state index in [1.165, 1.54) is 12.7 Å². The van der Waals surface area contributed by atoms with Crippen LogP contribution in [0.2, 0.25) is 0 Å². The molecular formula is C30H40FNO4. The Morgan fingerprint density at radius 2 is 2.06 bits per heavy atom. The van der Waals surface area contributed by atoms with Crippen molar-refractivity contribution >= 4 is 5.97 Å². The number of allylic oxidation sites excluding steroid dienone is 1. The summed E-state index contributed by atoms with van der Waals surface area (Å²) in [6, 6.07) is 14.0. The van der Waals surface area contributed by atoms with Crippen molar-refractivity contribution in [2.75, 3.05) is 26.8 Å². The second-order valence-electron chi connectivity index (χ2n) is 9.70. The monoisotopic (exact) mass is 497 g/mol. The Morgan fingerprint density at radius 3 is 2.83 bits per heavy atom. The average Bonchev–Trinajstić information content (AvgIpc) is 3.30. The van der Waals surface area contributed by atoms with Crippen molar-refractivity contribution in [3.63, 3.8) is 0 Å². The molecule has 0 unspecified atom stereocenters. The topological polar surface area (TPSA) is 59.0 Å². The third-order valence-corrected chi connectivity index (χ3v) is 6.94. The van der Waals surface area contributed by atoms with Gasteiger partial charge in [0.15, 0.2) is 0 Å². The lowest BCUT2D eigenvalue weighted by Gasteiger charge is -2.27. The highest BCUT2D eigenvalue weighted by atomic mass is 19.1. The molecule has 5 nitrogen and oxygen atoms in total. The van der Waals surface area contributed by atoms with Gasteiger partial charge in [-0.3, -0.25) is 9.69 Å². The Morgan fingerprint density at radius 1 is 1.25 bits per heavy atom. The number of esters is 1. The van der Waals surface area contributed by atoms with E-state index in [-0.39, 0.29) is 30.9 Å². The molecule has 0 saturated carbocycles. The molecule has 196 valence electrons. The predicted molar refractivity (Wildman–Crippen MR) is 140 cm³/mol. The summed E-state index contributed by atoms with van der Waals surface area (Å²) in [5.74, 6) is -0.395. The Kier molecular flexibility index (Phi) is 11.1. The van der Waals surface area contributed by atoms with E-state index in [4.69, 9.17) is 4.74 Å². The van der Waals surface area contributed by atoms with Crippen molar-refractivity contribution in [2.24, 2.45) is 0 Å². The van der Waals surface area contributed by atoms with Crippen LogP contribution in [0.5, 0.6) is 0 Å². The first-order chi connectivity index (χ1) is 17.4. The molecule has 1 heterocycles. The Hall–Kier alpha value is -2.54. The summed E-state index contributed by atoms with van der Waals surface area (Å²) in [5, 5.41) is 10.7. The quantitative estimate of drug-likeness (QED) is 0.299. The Bertz CT molecular complexity index is 1010. The highest BCUT2D eigenvalue weighted by molar-refractivity contribution is 5.70. The molecule has 1 saturated heterocycles. The molecular weight excluding hydrogens is 457 g/mol. The van der Waals surface area contributed by atoms with E-state index in [9.17, 15) is 14.3 Å². The zero-order chi connectivity index (χ0) is 25.9. The molecule has 6 heteroatoms. The maximum absolute atomic E-state index is 14.0. The number of nitrogens with zero attached hydrogens (tertiary/aromatic N) is 1. The minimum atomic E-state index is -0.587. The molecule has 0 aliphatic carbocycles. The predicted octanol–water partition coefficient (Wildman–Crippen LogP) is 5.33. The highest BCUT2D eigenvalue weighted by Gasteiger charge is 2.27. The van der Waals surface area contributed by atoms with Gasteiger partial charge in [-0.1, -0.05) is 48.6 Å². The highest BCUT2D eigenvalue weighted by Crippen LogP contribution is 2.25. The van der Waals surface area contributed by atoms with Gasteiger partial charge in [0, 0.05) is 12.6 Å². The summed E-state index contributed by atoms with van der Waals surface area (Å²) in [4.78, 5) is 13.5. The number of rotatable bonds is 13. The van der Waals surface area contributed by atoms with Gasteiger partial charge >= 0.3 is 5.97 Å². The molecule has 3 rings (SSSR count). The zero-order valence-corrected chi connectivity index (χ0v) is 21.8. The molecule has 1 fully saturated rings. The largest absolute Gasteiger partial charge is 0.469 e. The third kappa shape index (κ3) is 8.54. The van der Waals surface area contributed by atoms with E-state index in [2.05, 4.69) is 21.8 Å². The van der Waals surface area contributed by atoms with Gasteiger partial charge in [0.25, 0.3) is 0 Å². The number of carbonyl (C=O) groups is 1. The summed E-state index contributed by atoms with van der Waals surface area (Å²) in [7, 11) is 1.39. The number of benzene rings is 2. The number of aliphatic hydroxyl groups is 1. The summed E-state index contributed by atoms with van der Waals surface area (Å²) in [6.07, 6.45) is 8.01. The molecule has 1 aliphatic rings. The van der Waals surface area contributed by atoms with Crippen LogP contribution < -0.4 is 0 Å². The number of ether oxygens (including phenoxy) is 2. The number of aryl methyl sites for hydroxylation is 2. The molecule has 2 aromatic carbocycles. The lowest BCUT2D eigenvalue weighted by molar-refractivity contribution is -0.139. The van der Waals surface area contributed by atoms with Crippen molar-refractivity contribution in [3.8, 4) is 0 Å². The normalized spacial score (nSPS) is 18.0. The fourth-order valence-corrected chi connectivity index (χ4v) is 4.85. The lowest BCUT2D eigenvalue weighted by Crippen LogP contribution is -2.39. The summed E-state index contributed by atoms with van der Waals surface area (Å²) in [5.41, 5.74) is 3.99. The zero-order valence-electron chi connectivity index (χ0n) is 21.8. The molecule has 2 aromatic rings. The number of likely N-dealkylation sites (tertiary alicyclic amines) is 1. The summed E-state index contributed by atoms with van der Waals surface area (Å²) >= 11 is 0. The third-order valence-electron chi connectivity index (χ3n) is 6.94. The number of β-amino-alcohol motifs (C(OH)–C–C–N with tert-alkyl or cyclic N) is 1. The first kappa shape index (κ1) is 28.0. The first-order valence-electron chi connectivity index (χ1n) is 13.0. The van der Waals surface area contributed by atoms with Crippen LogP contribution in [0.25, 0.3) is 0 Å². The van der Waals surface area contributed by atoms with Crippen molar-refractivity contribution in [1.82, 2.24) is 4.90 Å². The molecule has 1 N–H and O–H groups in total. The molecule has 0 spiro atoms. The van der Waals surface area contributed by atoms with Crippen LogP contribution in [0.15, 0.2) is 54.6 Å². The summed E-state index contributed by atoms with van der Waals surface area (Å²) < 4.78 is 24.7. The molecule has 1 aliphatic heterocycles. The second-order valence-corrected chi connectivity index (χ2v) is 9.70. The van der Waals surface area contributed by atoms with Gasteiger partial charge < -0.3 is 14.6 Å². The van der Waals surface area contributed by atoms with Crippen LogP contribution in [0.4, 0.5) is 4.39 Å². The van der Waals surface area contributed by atoms with Crippen LogP contribution in [-0.4, -0.2) is 54.9 Å². The Labute approximate surface area is 214 Å². The smallest absolute Gasteiger partial charge is 0.309 e. The maximum atomic E-state index is 14.0. The molecule has 36 heavy (non-hydrogen) atoms. The van der Waals surface area contributed by atoms with Crippen molar-refractivity contribution in [1.29, 1.82) is 0 Å². The van der Waals surface area contributed by atoms with Crippen molar-refractivity contribution in [2.45, 2.75) is 70.6 Å². The van der Waals surface area contributed by atoms with Crippen LogP contribution in [0.1, 0.15) is 61.0 Å². The second kappa shape index (κ2) is 14.3. The minimum absolute atomic E-state index is 0.139. The number of halogens is 1. The van der Waals surface area contributed by atoms with E-state index in [1.807, 2.05) is 43.3 Å². The van der Waals surface area contributed by atoms with Crippen molar-refractivity contribution < 1.29 is 23.8 Å². The van der Waals surface area contributed by atoms with Gasteiger partial charge in [-0.2, -0.15) is 0 Å². The van der Waals surface area contributed by atoms with Crippen LogP contribution in [0.3, 0.4) is 0 Å². The summed E-state index contributed by atoms with van der Waals surface area (Å²) in [6.45, 7) is 5.55. The average molecular weight is 498 g/mol. The van der Waals surface area contributed by atoms with E-state index in [0.717, 1.165) is 49.8 Å². The van der Waals surface area contributed by atoms with Gasteiger partial charge in [0.1, 0.15) is 5.82 Å². The van der Waals surface area contributed by atoms with Crippen LogP contribution in [0, 0.1) is 12.7 Å². The van der Waals surface area contributed by atoms with E-state index in [1.54, 1.807) is 13.0 Å². The van der Waals surface area contributed by atoms with E-state index >= 15 is 0 Å². The standard InChI is InChI=1S/C30H40FNO4/c1-22-15-16-24(19-29(22)31)18-26-12-9-17-32(26)20-27(33)21-36-23(2)28-13-8-7-11-25(28)10-5-4-6-14-30(34)35-3/h4,6-8,11,13,15-16,19,23,26-27,33H,5,9-10,12,14,17-18,20-21H2,1-3H3/b6-4+/t23-,26+,27-/m1/s1. The van der Waals surface area contributed by atoms with E-state index in [0.29, 0.717) is 18.2 Å². The van der Waals surface area contributed by atoms with Gasteiger partial charge in [-0.15, -0.1) is 0 Å². The number of aliphatic hydroxyl groups excluding tert-OH is 1. The molecule has 3 atom stereocenters. The van der Waals surface area contributed by atoms with Gasteiger partial charge in [0.2, 0.25) is 0 Å². The van der Waals surface area contributed by atoms with Gasteiger partial charge in [0.05, 0.1) is 32.3 Å². The lowest BCUT2D eigenvalue weighted by atomic mass is 9.99. The Balaban J connectivity index is 1.47. The van der Waals surface area contributed by atoms with Crippen LogP contribution in [-0.2, 0) is 27.1 Å². The maximum Gasteiger partial charge on any atom is 0.309 e. The van der Waals surface area contributed by atoms with Gasteiger partial charge in [-0.05, 0) is 80.8 Å². The van der Waals surface area contributed by atoms with Gasteiger partial charge in [-0.25, -0.2) is 4.39 Å². The molecule has 0 radical (unpaired) electrons. The van der Waals surface area contributed by atoms with E-state index < -0.39 is 6.10 Å². The van der Waals surface area contributed by atoms with Crippen LogP contribution >= 0.6 is 0 Å². The molecule has 0 aromatic heterocycles. The number of methoxy groups -OCH3 is 1. The number of carbonyl (C=O) groups excluding carboxylic acids is 1. The number of hydrogen-bond acceptors (Lipinski definition) is 5. The first-order valence-corrected chi connectivity index (χ1v) is 13.0. The molecule has 0 amide bonds. The fourth-order valence-electron chi connectivity index (χ4n) is 4.85. The van der Waals surface area contributed by atoms with Crippen molar-refractivity contribution in [3.05, 3.63) is 82.7 Å². The minimum Gasteiger partial charge on any atom is -0.469 e. The fraction of sp³-hybridized carbons (Fsp3) is 0.500. The SMILES string of the molecule is COC(=O)C/C=C/CCc1ccccc1[C@@H](C)OC[C@H](O)CN1CCC[C@H]1Cc1ccc(C)c(F)c1. The number of hydrogen-bond donors (Lipinski definition) is 1.